The van der Waals surface area contributed by atoms with Gasteiger partial charge in [0.1, 0.15) is 24.4 Å². The molecule has 0 aromatic rings. The predicted molar refractivity (Wildman–Crippen MR) is 302 cm³/mol. The molecule has 12 aliphatic rings. The number of carbonyl (C=O) groups is 12. The number of hydrogen-bond acceptors (Lipinski definition) is 21. The van der Waals surface area contributed by atoms with Crippen LogP contribution >= 0.6 is 0 Å². The van der Waals surface area contributed by atoms with E-state index >= 15 is 0 Å². The molecule has 0 amide bonds. The lowest BCUT2D eigenvalue weighted by atomic mass is 9.58. The molecule has 8 bridgehead atoms. The van der Waals surface area contributed by atoms with Crippen LogP contribution in [0.2, 0.25) is 0 Å². The molecular weight excluding hydrogens is 1130 g/mol. The van der Waals surface area contributed by atoms with Crippen molar-refractivity contribution in [2.24, 2.45) is 120 Å². The van der Waals surface area contributed by atoms with Crippen LogP contribution in [-0.2, 0) is 100 Å². The summed E-state index contributed by atoms with van der Waals surface area (Å²) < 4.78 is 47.8. The normalized spacial score (nSPS) is 40.8. The third kappa shape index (κ3) is 9.90. The van der Waals surface area contributed by atoms with Crippen LogP contribution in [0.3, 0.4) is 0 Å². The molecule has 12 fully saturated rings. The van der Waals surface area contributed by atoms with Gasteiger partial charge < -0.3 is 42.6 Å². The number of esters is 12. The van der Waals surface area contributed by atoms with E-state index in [0.29, 0.717) is 51.4 Å². The Morgan fingerprint density at radius 1 is 0.437 bits per heavy atom. The van der Waals surface area contributed by atoms with Crippen molar-refractivity contribution in [3.05, 3.63) is 0 Å². The fourth-order valence-corrected chi connectivity index (χ4v) is 17.4. The summed E-state index contributed by atoms with van der Waals surface area (Å²) >= 11 is 0. The molecule has 21 atom stereocenters. The molecule has 8 saturated carbocycles. The molecule has 8 aliphatic carbocycles. The van der Waals surface area contributed by atoms with Crippen LogP contribution in [-0.4, -0.2) is 109 Å². The van der Waals surface area contributed by atoms with Crippen LogP contribution < -0.4 is 0 Å². The number of rotatable bonds is 13. The van der Waals surface area contributed by atoms with Crippen LogP contribution in [0, 0.1) is 120 Å². The predicted octanol–water partition coefficient (Wildman–Crippen LogP) is 8.19. The molecule has 4 saturated heterocycles. The van der Waals surface area contributed by atoms with Crippen molar-refractivity contribution in [2.75, 3.05) is 7.11 Å². The Morgan fingerprint density at radius 2 is 0.874 bits per heavy atom. The van der Waals surface area contributed by atoms with Crippen molar-refractivity contribution in [1.29, 1.82) is 0 Å². The first kappa shape index (κ1) is 65.8. The summed E-state index contributed by atoms with van der Waals surface area (Å²) in [5.74, 6) is -6.93. The maximum absolute atomic E-state index is 12.4. The van der Waals surface area contributed by atoms with Crippen molar-refractivity contribution in [3.63, 3.8) is 0 Å². The summed E-state index contributed by atoms with van der Waals surface area (Å²) in [6.07, 6.45) is 5.22. The summed E-state index contributed by atoms with van der Waals surface area (Å²) in [5.41, 5.74) is -4.78. The van der Waals surface area contributed by atoms with Gasteiger partial charge in [-0.3, -0.25) is 57.5 Å². The Hall–Kier alpha value is -5.60. The van der Waals surface area contributed by atoms with Gasteiger partial charge in [0, 0.05) is 36.7 Å². The first-order valence-electron chi connectivity index (χ1n) is 31.6. The van der Waals surface area contributed by atoms with E-state index in [4.69, 9.17) is 42.6 Å². The number of fused-ring (bicyclic) bond motifs is 20. The van der Waals surface area contributed by atoms with Crippen LogP contribution in [0.5, 0.6) is 0 Å². The van der Waals surface area contributed by atoms with E-state index in [9.17, 15) is 57.5 Å². The molecule has 21 nitrogen and oxygen atoms in total. The minimum atomic E-state index is -0.867. The average molecular weight is 1220 g/mol. The molecule has 0 spiro atoms. The molecule has 0 N–H and O–H groups in total. The lowest BCUT2D eigenvalue weighted by Crippen LogP contribution is -2.51. The van der Waals surface area contributed by atoms with E-state index in [0.717, 1.165) is 12.8 Å². The van der Waals surface area contributed by atoms with Gasteiger partial charge in [-0.05, 0) is 164 Å². The fraction of sp³-hybridized carbons (Fsp3) is 0.818. The van der Waals surface area contributed by atoms with Gasteiger partial charge in [-0.15, -0.1) is 0 Å². The van der Waals surface area contributed by atoms with E-state index in [1.54, 1.807) is 21.0 Å². The van der Waals surface area contributed by atoms with Gasteiger partial charge in [0.25, 0.3) is 0 Å². The molecule has 0 aromatic heterocycles. The molecule has 21 heteroatoms. The highest BCUT2D eigenvalue weighted by molar-refractivity contribution is 6.03. The number of cyclic esters (lactones) is 8. The minimum Gasteiger partial charge on any atom is -0.462 e. The van der Waals surface area contributed by atoms with Gasteiger partial charge in [0.05, 0.1) is 73.6 Å². The Morgan fingerprint density at radius 3 is 1.37 bits per heavy atom. The summed E-state index contributed by atoms with van der Waals surface area (Å²) in [6, 6.07) is 0. The van der Waals surface area contributed by atoms with E-state index < -0.39 is 110 Å². The molecule has 21 unspecified atom stereocenters. The summed E-state index contributed by atoms with van der Waals surface area (Å²) in [4.78, 5) is 145. The summed E-state index contributed by atoms with van der Waals surface area (Å²) in [6.45, 7) is 32.2. The second-order valence-corrected chi connectivity index (χ2v) is 30.9. The van der Waals surface area contributed by atoms with E-state index in [1.165, 1.54) is 0 Å². The van der Waals surface area contributed by atoms with Gasteiger partial charge in [-0.25, -0.2) is 0 Å². The highest BCUT2D eigenvalue weighted by Crippen LogP contribution is 2.71. The fourth-order valence-electron chi connectivity index (χ4n) is 17.4. The van der Waals surface area contributed by atoms with Crippen molar-refractivity contribution >= 4 is 71.6 Å². The molecule has 0 radical (unpaired) electrons. The molecule has 4 aliphatic heterocycles. The molecule has 4 heterocycles. The lowest BCUT2D eigenvalue weighted by Gasteiger charge is -2.42. The van der Waals surface area contributed by atoms with Crippen molar-refractivity contribution in [3.8, 4) is 0 Å². The van der Waals surface area contributed by atoms with E-state index in [-0.39, 0.29) is 113 Å². The Kier molecular flexibility index (Phi) is 16.7. The van der Waals surface area contributed by atoms with Gasteiger partial charge in [-0.1, -0.05) is 41.5 Å². The van der Waals surface area contributed by atoms with E-state index in [1.807, 2.05) is 90.0 Å². The molecule has 87 heavy (non-hydrogen) atoms. The highest BCUT2D eigenvalue weighted by Gasteiger charge is 2.79. The quantitative estimate of drug-likeness (QED) is 0.0953. The van der Waals surface area contributed by atoms with E-state index in [2.05, 4.69) is 13.8 Å². The van der Waals surface area contributed by atoms with Crippen molar-refractivity contribution in [1.82, 2.24) is 0 Å². The number of ether oxygens (including phenoxy) is 9. The monoisotopic (exact) mass is 1220 g/mol. The van der Waals surface area contributed by atoms with Gasteiger partial charge in [0.15, 0.2) is 0 Å². The summed E-state index contributed by atoms with van der Waals surface area (Å²) in [5, 5.41) is 0. The highest BCUT2D eigenvalue weighted by atomic mass is 16.6. The Bertz CT molecular complexity index is 2930. The second-order valence-electron chi connectivity index (χ2n) is 30.9. The first-order chi connectivity index (χ1) is 40.2. The largest absolute Gasteiger partial charge is 0.462 e. The van der Waals surface area contributed by atoms with Gasteiger partial charge in [0.2, 0.25) is 0 Å². The average Bonchev–Trinajstić information content (AvgIpc) is 1.54. The maximum atomic E-state index is 12.4. The zero-order valence-corrected chi connectivity index (χ0v) is 54.0. The van der Waals surface area contributed by atoms with Gasteiger partial charge in [-0.2, -0.15) is 0 Å². The topological polar surface area (TPSA) is 288 Å². The smallest absolute Gasteiger partial charge is 0.321 e. The van der Waals surface area contributed by atoms with Crippen LogP contribution in [0.25, 0.3) is 0 Å². The third-order valence-electron chi connectivity index (χ3n) is 24.9. The minimum absolute atomic E-state index is 0.0454. The SMILES string of the molecule is CCC(C)(C)C(=O)OC1C2CC(C1OC)C1C(=O)OC(=O)C21.CCC(C)(C)C(=O)OC1CC2C3C(=O)OC(=O)C3C1C2(C)C.CCC(C)(C)C(=O)OC1CC2CC1C1(C)C(=O)OC(=O)C21.CCC(C)(C)C(=O)OC1CC2CC1C1(C)C(=O)OC(=O)C21C. The van der Waals surface area contributed by atoms with Crippen molar-refractivity contribution in [2.45, 2.75) is 212 Å². The standard InChI is InChI=1S/2C17H24O5.C16H22O6.C16H22O5/c1-6-15(2,3)12(18)21-11-8-9-7-10(11)17(5)14(20)22-13(19)16(9,17)4;1-6-16(2,3)15(20)21-9-7-8-10-11(12(9)17(8,4)5)14(19)22-13(10)18;1-5-16(2,3)15(19)21-12-8-6-7(11(12)20-4)9-10(8)14(18)22-13(9)17;1-5-15(2,3)13(18)20-10-7-8-6-9(10)16(4)11(8)12(17)21-14(16)19/h9-11H,6-8H2,1-5H3;8-12H,6-7H2,1-5H3;7-12H,5-6H2,1-4H3;8-11H,5-7H2,1-4H3. The lowest BCUT2D eigenvalue weighted by molar-refractivity contribution is -0.175. The Balaban J connectivity index is 0.000000138. The molecular formula is C66H92O21. The van der Waals surface area contributed by atoms with Crippen molar-refractivity contribution < 1.29 is 100 Å². The zero-order chi connectivity index (χ0) is 64.8. The van der Waals surface area contributed by atoms with Crippen LogP contribution in [0.1, 0.15) is 182 Å². The number of carbonyl (C=O) groups excluding carboxylic acids is 12. The molecule has 0 aromatic carbocycles. The van der Waals surface area contributed by atoms with Gasteiger partial charge >= 0.3 is 71.6 Å². The molecule has 12 rings (SSSR count). The maximum Gasteiger partial charge on any atom is 0.321 e. The number of methoxy groups -OCH3 is 1. The van der Waals surface area contributed by atoms with Crippen LogP contribution in [0.15, 0.2) is 0 Å². The summed E-state index contributed by atoms with van der Waals surface area (Å²) in [7, 11) is 1.55. The van der Waals surface area contributed by atoms with Crippen LogP contribution in [0.4, 0.5) is 0 Å². The molecule has 482 valence electrons. The third-order valence-corrected chi connectivity index (χ3v) is 24.9. The Labute approximate surface area is 509 Å². The first-order valence-corrected chi connectivity index (χ1v) is 31.6. The zero-order valence-electron chi connectivity index (χ0n) is 54.0. The number of hydrogen-bond donors (Lipinski definition) is 0. The second kappa shape index (κ2) is 22.1.